The number of benzene rings is 2. The highest BCUT2D eigenvalue weighted by Crippen LogP contribution is 2.36. The first-order valence-corrected chi connectivity index (χ1v) is 10.1. The molecule has 2 aromatic carbocycles. The van der Waals surface area contributed by atoms with Gasteiger partial charge in [0.15, 0.2) is 5.69 Å². The van der Waals surface area contributed by atoms with Gasteiger partial charge in [-0.25, -0.2) is 13.8 Å². The zero-order valence-electron chi connectivity index (χ0n) is 18.0. The standard InChI is InChI=1S/C23H16F5N5O2/c1-11-19(20(23(26,27)28)32-33(11)10-14-15(24)6-4-7-16(14)25)31-22(35)18-9-13(21(29)34)12-5-2-3-8-17(12)30-18/h2-9H,10H2,1H3,(H2,29,34)(H,31,35). The van der Waals surface area contributed by atoms with Crippen molar-refractivity contribution in [1.29, 1.82) is 0 Å². The van der Waals surface area contributed by atoms with Gasteiger partial charge in [-0.1, -0.05) is 24.3 Å². The number of nitrogens with one attached hydrogen (secondary N) is 1. The molecule has 180 valence electrons. The molecule has 12 heteroatoms. The molecule has 0 aliphatic carbocycles. The highest BCUT2D eigenvalue weighted by Gasteiger charge is 2.39. The second-order valence-electron chi connectivity index (χ2n) is 7.56. The van der Waals surface area contributed by atoms with E-state index in [2.05, 4.69) is 15.4 Å². The molecule has 2 aromatic heterocycles. The van der Waals surface area contributed by atoms with E-state index in [1.165, 1.54) is 13.0 Å². The summed E-state index contributed by atoms with van der Waals surface area (Å²) in [6, 6.07) is 10.4. The van der Waals surface area contributed by atoms with Crippen LogP contribution in [0.3, 0.4) is 0 Å². The number of fused-ring (bicyclic) bond motifs is 1. The maximum absolute atomic E-state index is 14.1. The average Bonchev–Trinajstić information content (AvgIpc) is 3.11. The number of para-hydroxylation sites is 1. The summed E-state index contributed by atoms with van der Waals surface area (Å²) in [5.74, 6) is -3.84. The van der Waals surface area contributed by atoms with Crippen LogP contribution in [0.25, 0.3) is 10.9 Å². The van der Waals surface area contributed by atoms with Crippen molar-refractivity contribution in [2.75, 3.05) is 5.32 Å². The fourth-order valence-corrected chi connectivity index (χ4v) is 3.55. The lowest BCUT2D eigenvalue weighted by Gasteiger charge is -2.11. The fourth-order valence-electron chi connectivity index (χ4n) is 3.55. The monoisotopic (exact) mass is 489 g/mol. The number of aromatic nitrogens is 3. The first-order chi connectivity index (χ1) is 16.5. The smallest absolute Gasteiger partial charge is 0.366 e. The lowest BCUT2D eigenvalue weighted by atomic mass is 10.1. The molecular formula is C23H16F5N5O2. The van der Waals surface area contributed by atoms with Crippen molar-refractivity contribution in [3.63, 3.8) is 0 Å². The number of anilines is 1. The molecule has 0 radical (unpaired) electrons. The number of pyridine rings is 1. The van der Waals surface area contributed by atoms with E-state index in [4.69, 9.17) is 5.73 Å². The Morgan fingerprint density at radius 1 is 1.06 bits per heavy atom. The first kappa shape index (κ1) is 23.8. The van der Waals surface area contributed by atoms with Gasteiger partial charge in [-0.05, 0) is 31.2 Å². The first-order valence-electron chi connectivity index (χ1n) is 10.1. The molecule has 4 rings (SSSR count). The molecule has 0 saturated carbocycles. The van der Waals surface area contributed by atoms with Crippen LogP contribution in [0.4, 0.5) is 27.6 Å². The number of hydrogen-bond acceptors (Lipinski definition) is 4. The van der Waals surface area contributed by atoms with Gasteiger partial charge in [0.25, 0.3) is 5.91 Å². The van der Waals surface area contributed by atoms with Crippen LogP contribution in [0.1, 0.15) is 37.8 Å². The van der Waals surface area contributed by atoms with Gasteiger partial charge >= 0.3 is 6.18 Å². The van der Waals surface area contributed by atoms with Gasteiger partial charge in [-0.3, -0.25) is 14.3 Å². The van der Waals surface area contributed by atoms with Crippen LogP contribution >= 0.6 is 0 Å². The lowest BCUT2D eigenvalue weighted by molar-refractivity contribution is -0.140. The molecule has 0 spiro atoms. The molecule has 4 aromatic rings. The zero-order chi connectivity index (χ0) is 25.5. The summed E-state index contributed by atoms with van der Waals surface area (Å²) in [4.78, 5) is 28.9. The number of primary amides is 1. The van der Waals surface area contributed by atoms with Crippen molar-refractivity contribution >= 4 is 28.4 Å². The van der Waals surface area contributed by atoms with Gasteiger partial charge in [-0.2, -0.15) is 18.3 Å². The number of alkyl halides is 3. The molecular weight excluding hydrogens is 473 g/mol. The summed E-state index contributed by atoms with van der Waals surface area (Å²) in [5, 5.41) is 5.94. The number of amides is 2. The van der Waals surface area contributed by atoms with Crippen molar-refractivity contribution in [1.82, 2.24) is 14.8 Å². The number of carbonyl (C=O) groups excluding carboxylic acids is 2. The topological polar surface area (TPSA) is 103 Å². The number of carbonyl (C=O) groups is 2. The highest BCUT2D eigenvalue weighted by molar-refractivity contribution is 6.10. The summed E-state index contributed by atoms with van der Waals surface area (Å²) >= 11 is 0. The average molecular weight is 489 g/mol. The predicted octanol–water partition coefficient (Wildman–Crippen LogP) is 4.44. The number of nitrogens with two attached hydrogens (primary N) is 1. The maximum Gasteiger partial charge on any atom is 0.437 e. The Labute approximate surface area is 194 Å². The highest BCUT2D eigenvalue weighted by atomic mass is 19.4. The Morgan fingerprint density at radius 3 is 2.34 bits per heavy atom. The normalized spacial score (nSPS) is 11.6. The number of nitrogens with zero attached hydrogens (tertiary/aromatic N) is 3. The predicted molar refractivity (Wildman–Crippen MR) is 116 cm³/mol. The molecule has 3 N–H and O–H groups in total. The number of halogens is 5. The largest absolute Gasteiger partial charge is 0.437 e. The summed E-state index contributed by atoms with van der Waals surface area (Å²) in [6.45, 7) is 0.558. The van der Waals surface area contributed by atoms with Gasteiger partial charge < -0.3 is 11.1 Å². The maximum atomic E-state index is 14.1. The van der Waals surface area contributed by atoms with Crippen LogP contribution in [0.2, 0.25) is 0 Å². The third-order valence-corrected chi connectivity index (χ3v) is 5.30. The molecule has 0 bridgehead atoms. The molecule has 2 amide bonds. The van der Waals surface area contributed by atoms with E-state index in [0.717, 1.165) is 28.9 Å². The zero-order valence-corrected chi connectivity index (χ0v) is 18.0. The SMILES string of the molecule is Cc1c(NC(=O)c2cc(C(N)=O)c3ccccc3n2)c(C(F)(F)F)nn1Cc1c(F)cccc1F. The lowest BCUT2D eigenvalue weighted by Crippen LogP contribution is -2.19. The molecule has 0 atom stereocenters. The molecule has 0 saturated heterocycles. The molecule has 0 fully saturated rings. The summed E-state index contributed by atoms with van der Waals surface area (Å²) < 4.78 is 70.0. The van der Waals surface area contributed by atoms with Crippen LogP contribution < -0.4 is 11.1 Å². The van der Waals surface area contributed by atoms with E-state index >= 15 is 0 Å². The van der Waals surface area contributed by atoms with Crippen molar-refractivity contribution in [2.24, 2.45) is 5.73 Å². The minimum atomic E-state index is -5.00. The van der Waals surface area contributed by atoms with Gasteiger partial charge in [0.2, 0.25) is 5.91 Å². The van der Waals surface area contributed by atoms with E-state index in [1.807, 2.05) is 0 Å². The van der Waals surface area contributed by atoms with E-state index in [0.29, 0.717) is 5.39 Å². The van der Waals surface area contributed by atoms with Crippen molar-refractivity contribution in [2.45, 2.75) is 19.6 Å². The van der Waals surface area contributed by atoms with Gasteiger partial charge in [0.1, 0.15) is 17.3 Å². The Morgan fingerprint density at radius 2 is 1.71 bits per heavy atom. The van der Waals surface area contributed by atoms with Crippen molar-refractivity contribution < 1.29 is 31.5 Å². The second-order valence-corrected chi connectivity index (χ2v) is 7.56. The molecule has 35 heavy (non-hydrogen) atoms. The van der Waals surface area contributed by atoms with Crippen LogP contribution in [0.15, 0.2) is 48.5 Å². The molecule has 0 aliphatic heterocycles. The van der Waals surface area contributed by atoms with E-state index in [-0.39, 0.29) is 22.5 Å². The number of rotatable bonds is 5. The van der Waals surface area contributed by atoms with Crippen molar-refractivity contribution in [3.05, 3.63) is 88.4 Å². The Bertz CT molecular complexity index is 1460. The molecule has 0 aliphatic rings. The third-order valence-electron chi connectivity index (χ3n) is 5.30. The van der Waals surface area contributed by atoms with Crippen molar-refractivity contribution in [3.8, 4) is 0 Å². The van der Waals surface area contributed by atoms with E-state index in [9.17, 15) is 31.5 Å². The number of hydrogen-bond donors (Lipinski definition) is 2. The van der Waals surface area contributed by atoms with Gasteiger partial charge in [-0.15, -0.1) is 0 Å². The summed E-state index contributed by atoms with van der Waals surface area (Å²) in [7, 11) is 0. The molecule has 7 nitrogen and oxygen atoms in total. The Kier molecular flexibility index (Phi) is 5.97. The van der Waals surface area contributed by atoms with E-state index in [1.54, 1.807) is 18.2 Å². The third kappa shape index (κ3) is 4.54. The molecule has 0 unspecified atom stereocenters. The van der Waals surface area contributed by atoms with Gasteiger partial charge in [0.05, 0.1) is 29.0 Å². The summed E-state index contributed by atoms with van der Waals surface area (Å²) in [5.41, 5.74) is 2.34. The van der Waals surface area contributed by atoms with Crippen LogP contribution in [-0.2, 0) is 12.7 Å². The Balaban J connectivity index is 1.76. The Hall–Kier alpha value is -4.35. The summed E-state index contributed by atoms with van der Waals surface area (Å²) in [6.07, 6.45) is -5.00. The quantitative estimate of drug-likeness (QED) is 0.405. The van der Waals surface area contributed by atoms with Crippen LogP contribution in [0, 0.1) is 18.6 Å². The van der Waals surface area contributed by atoms with Gasteiger partial charge in [0, 0.05) is 10.9 Å². The minimum absolute atomic E-state index is 0.0424. The fraction of sp³-hybridized carbons (Fsp3) is 0.130. The molecule has 2 heterocycles. The van der Waals surface area contributed by atoms with Crippen LogP contribution in [0.5, 0.6) is 0 Å². The van der Waals surface area contributed by atoms with E-state index < -0.39 is 53.1 Å². The minimum Gasteiger partial charge on any atom is -0.366 e. The van der Waals surface area contributed by atoms with Crippen LogP contribution in [-0.4, -0.2) is 26.6 Å². The second kappa shape index (κ2) is 8.78.